The summed E-state index contributed by atoms with van der Waals surface area (Å²) < 4.78 is 40.0. The summed E-state index contributed by atoms with van der Waals surface area (Å²) in [5, 5.41) is 0. The topological polar surface area (TPSA) is 55.0 Å². The molecule has 0 spiro atoms. The lowest BCUT2D eigenvalue weighted by Gasteiger charge is -2.08. The number of hydrogen-bond acceptors (Lipinski definition) is 3. The lowest BCUT2D eigenvalue weighted by Crippen LogP contribution is -2.21. The van der Waals surface area contributed by atoms with Gasteiger partial charge in [-0.25, -0.2) is 0 Å². The van der Waals surface area contributed by atoms with E-state index in [9.17, 15) is 18.0 Å². The Kier molecular flexibility index (Phi) is 2.61. The van der Waals surface area contributed by atoms with Crippen LogP contribution >= 0.6 is 0 Å². The summed E-state index contributed by atoms with van der Waals surface area (Å²) in [7, 11) is 0. The molecule has 0 saturated heterocycles. The van der Waals surface area contributed by atoms with Crippen LogP contribution in [0.2, 0.25) is 0 Å². The Hall–Kier alpha value is -1.53. The van der Waals surface area contributed by atoms with E-state index in [1.54, 1.807) is 0 Å². The molecule has 1 aliphatic carbocycles. The van der Waals surface area contributed by atoms with Gasteiger partial charge in [0.1, 0.15) is 5.82 Å². The number of alkyl halides is 3. The molecule has 2 rings (SSSR count). The first-order chi connectivity index (χ1) is 7.44. The van der Waals surface area contributed by atoms with Crippen LogP contribution in [0, 0.1) is 0 Å². The van der Waals surface area contributed by atoms with Crippen LogP contribution in [0.15, 0.2) is 10.9 Å². The highest BCUT2D eigenvalue weighted by Crippen LogP contribution is 2.37. The number of aromatic amines is 1. The molecule has 1 saturated carbocycles. The number of aromatic nitrogens is 2. The van der Waals surface area contributed by atoms with Crippen LogP contribution < -0.4 is 10.3 Å². The Morgan fingerprint density at radius 2 is 2.19 bits per heavy atom. The van der Waals surface area contributed by atoms with Crippen molar-refractivity contribution in [1.29, 1.82) is 0 Å². The maximum absolute atomic E-state index is 11.9. The molecule has 88 valence electrons. The van der Waals surface area contributed by atoms with E-state index in [1.165, 1.54) is 0 Å². The van der Waals surface area contributed by atoms with Crippen LogP contribution in [0.25, 0.3) is 0 Å². The van der Waals surface area contributed by atoms with Gasteiger partial charge in [0, 0.05) is 5.92 Å². The van der Waals surface area contributed by atoms with Gasteiger partial charge in [0.05, 0.1) is 6.07 Å². The Morgan fingerprint density at radius 1 is 1.50 bits per heavy atom. The fourth-order valence-corrected chi connectivity index (χ4v) is 1.23. The molecular formula is C9H9F3N2O2. The molecule has 1 aromatic rings. The third kappa shape index (κ3) is 2.98. The van der Waals surface area contributed by atoms with E-state index >= 15 is 0 Å². The molecule has 1 aromatic heterocycles. The lowest BCUT2D eigenvalue weighted by molar-refractivity contribution is -0.154. The zero-order valence-corrected chi connectivity index (χ0v) is 8.17. The molecule has 0 unspecified atom stereocenters. The Balaban J connectivity index is 2.11. The van der Waals surface area contributed by atoms with Crippen LogP contribution in [0.1, 0.15) is 24.6 Å². The van der Waals surface area contributed by atoms with Crippen molar-refractivity contribution in [2.45, 2.75) is 24.9 Å². The Labute approximate surface area is 88.5 Å². The van der Waals surface area contributed by atoms with E-state index in [0.717, 1.165) is 18.9 Å². The van der Waals surface area contributed by atoms with E-state index in [0.29, 0.717) is 5.82 Å². The first-order valence-corrected chi connectivity index (χ1v) is 4.75. The van der Waals surface area contributed by atoms with Gasteiger partial charge in [0.15, 0.2) is 6.61 Å². The highest BCUT2D eigenvalue weighted by atomic mass is 19.4. The molecule has 0 amide bonds. The van der Waals surface area contributed by atoms with Gasteiger partial charge < -0.3 is 9.72 Å². The summed E-state index contributed by atoms with van der Waals surface area (Å²) >= 11 is 0. The molecule has 0 aliphatic heterocycles. The van der Waals surface area contributed by atoms with Crippen LogP contribution in [-0.2, 0) is 0 Å². The second-order valence-electron chi connectivity index (χ2n) is 3.65. The van der Waals surface area contributed by atoms with Crippen molar-refractivity contribution in [1.82, 2.24) is 9.97 Å². The molecular weight excluding hydrogens is 225 g/mol. The second-order valence-corrected chi connectivity index (χ2v) is 3.65. The lowest BCUT2D eigenvalue weighted by atomic mass is 10.4. The van der Waals surface area contributed by atoms with Crippen LogP contribution in [0.5, 0.6) is 5.88 Å². The maximum atomic E-state index is 11.9. The molecule has 0 aromatic carbocycles. The van der Waals surface area contributed by atoms with Gasteiger partial charge in [-0.3, -0.25) is 4.79 Å². The number of ether oxygens (including phenoxy) is 1. The minimum atomic E-state index is -4.43. The molecule has 7 heteroatoms. The maximum Gasteiger partial charge on any atom is 0.422 e. The van der Waals surface area contributed by atoms with Crippen molar-refractivity contribution in [3.8, 4) is 5.88 Å². The van der Waals surface area contributed by atoms with Crippen molar-refractivity contribution in [2.75, 3.05) is 6.61 Å². The highest BCUT2D eigenvalue weighted by Gasteiger charge is 2.30. The second kappa shape index (κ2) is 3.80. The van der Waals surface area contributed by atoms with Gasteiger partial charge in [-0.2, -0.15) is 18.2 Å². The number of nitrogens with one attached hydrogen (secondary N) is 1. The quantitative estimate of drug-likeness (QED) is 0.863. The van der Waals surface area contributed by atoms with E-state index < -0.39 is 18.3 Å². The smallest absolute Gasteiger partial charge is 0.422 e. The van der Waals surface area contributed by atoms with E-state index in [4.69, 9.17) is 0 Å². The molecule has 4 nitrogen and oxygen atoms in total. The van der Waals surface area contributed by atoms with Crippen molar-refractivity contribution >= 4 is 0 Å². The summed E-state index contributed by atoms with van der Waals surface area (Å²) in [6.45, 7) is -1.44. The van der Waals surface area contributed by atoms with Gasteiger partial charge in [-0.15, -0.1) is 0 Å². The zero-order valence-electron chi connectivity index (χ0n) is 8.17. The van der Waals surface area contributed by atoms with Gasteiger partial charge in [-0.05, 0) is 12.8 Å². The summed E-state index contributed by atoms with van der Waals surface area (Å²) in [4.78, 5) is 17.4. The highest BCUT2D eigenvalue weighted by molar-refractivity contribution is 5.14. The fraction of sp³-hybridized carbons (Fsp3) is 0.556. The number of rotatable bonds is 3. The number of hydrogen-bond donors (Lipinski definition) is 1. The Bertz CT molecular complexity index is 437. The zero-order chi connectivity index (χ0) is 11.8. The summed E-state index contributed by atoms with van der Waals surface area (Å²) in [6.07, 6.45) is -2.64. The van der Waals surface area contributed by atoms with Crippen molar-refractivity contribution in [2.24, 2.45) is 0 Å². The van der Waals surface area contributed by atoms with Crippen LogP contribution in [0.3, 0.4) is 0 Å². The monoisotopic (exact) mass is 234 g/mol. The summed E-state index contributed by atoms with van der Waals surface area (Å²) in [5.74, 6) is 0.287. The molecule has 1 aliphatic rings. The SMILES string of the molecule is O=c1cc(OCC(F)(F)F)nc(C2CC2)[nH]1. The van der Waals surface area contributed by atoms with E-state index in [-0.39, 0.29) is 11.8 Å². The van der Waals surface area contributed by atoms with E-state index in [2.05, 4.69) is 14.7 Å². The van der Waals surface area contributed by atoms with Crippen molar-refractivity contribution < 1.29 is 17.9 Å². The standard InChI is InChI=1S/C9H9F3N2O2/c10-9(11,12)4-16-7-3-6(15)13-8(14-7)5-1-2-5/h3,5H,1-2,4H2,(H,13,14,15). The number of halogens is 3. The summed E-state index contributed by atoms with van der Waals surface area (Å²) in [6, 6.07) is 0.914. The Morgan fingerprint density at radius 3 is 2.75 bits per heavy atom. The minimum Gasteiger partial charge on any atom is -0.468 e. The van der Waals surface area contributed by atoms with Gasteiger partial charge in [0.25, 0.3) is 5.56 Å². The molecule has 1 fully saturated rings. The molecule has 1 N–H and O–H groups in total. The van der Waals surface area contributed by atoms with Crippen LogP contribution in [0.4, 0.5) is 13.2 Å². The normalized spacial score (nSPS) is 16.2. The summed E-state index contributed by atoms with van der Waals surface area (Å²) in [5.41, 5.74) is -0.492. The predicted octanol–water partition coefficient (Wildman–Crippen LogP) is 1.59. The average molecular weight is 234 g/mol. The molecule has 0 bridgehead atoms. The molecule has 0 atom stereocenters. The fourth-order valence-electron chi connectivity index (χ4n) is 1.23. The average Bonchev–Trinajstić information content (AvgIpc) is 2.95. The number of nitrogens with zero attached hydrogens (tertiary/aromatic N) is 1. The minimum absolute atomic E-state index is 0.155. The van der Waals surface area contributed by atoms with E-state index in [1.807, 2.05) is 0 Å². The molecule has 1 heterocycles. The van der Waals surface area contributed by atoms with Crippen molar-refractivity contribution in [3.63, 3.8) is 0 Å². The third-order valence-corrected chi connectivity index (χ3v) is 2.08. The largest absolute Gasteiger partial charge is 0.468 e. The number of H-pyrrole nitrogens is 1. The van der Waals surface area contributed by atoms with Gasteiger partial charge >= 0.3 is 6.18 Å². The molecule has 16 heavy (non-hydrogen) atoms. The van der Waals surface area contributed by atoms with Crippen molar-refractivity contribution in [3.05, 3.63) is 22.2 Å². The first kappa shape index (κ1) is 11.0. The molecule has 0 radical (unpaired) electrons. The first-order valence-electron chi connectivity index (χ1n) is 4.75. The van der Waals surface area contributed by atoms with Gasteiger partial charge in [-0.1, -0.05) is 0 Å². The van der Waals surface area contributed by atoms with Crippen LogP contribution in [-0.4, -0.2) is 22.8 Å². The predicted molar refractivity (Wildman–Crippen MR) is 48.4 cm³/mol. The third-order valence-electron chi connectivity index (χ3n) is 2.08. The van der Waals surface area contributed by atoms with Gasteiger partial charge in [0.2, 0.25) is 5.88 Å².